The lowest BCUT2D eigenvalue weighted by Crippen LogP contribution is -2.38. The molecule has 4 nitrogen and oxygen atoms in total. The lowest BCUT2D eigenvalue weighted by atomic mass is 9.85. The molecule has 1 aromatic carbocycles. The average Bonchev–Trinajstić information content (AvgIpc) is 2.37. The Labute approximate surface area is 121 Å². The molecule has 3 N–H and O–H groups in total. The topological polar surface area (TPSA) is 72.2 Å². The summed E-state index contributed by atoms with van der Waals surface area (Å²) in [6, 6.07) is 7.16. The molecule has 2 rings (SSSR count). The fourth-order valence-corrected chi connectivity index (χ4v) is 4.39. The van der Waals surface area contributed by atoms with E-state index in [-0.39, 0.29) is 11.8 Å². The van der Waals surface area contributed by atoms with Gasteiger partial charge in [-0.3, -0.25) is 0 Å². The molecule has 1 aliphatic rings. The third kappa shape index (κ3) is 4.49. The van der Waals surface area contributed by atoms with Crippen molar-refractivity contribution in [2.45, 2.75) is 50.8 Å². The summed E-state index contributed by atoms with van der Waals surface area (Å²) in [7, 11) is -3.29. The van der Waals surface area contributed by atoms with E-state index in [2.05, 4.69) is 11.6 Å². The summed E-state index contributed by atoms with van der Waals surface area (Å²) in [6.07, 6.45) is 5.39. The van der Waals surface area contributed by atoms with Gasteiger partial charge in [0.1, 0.15) is 0 Å². The van der Waals surface area contributed by atoms with Crippen LogP contribution in [0, 0.1) is 5.92 Å². The standard InChI is InChI=1S/C15H24N2O2S/c1-2-12-5-4-8-15(10-12)17-20(18,19)11-13-6-3-7-14(16)9-13/h3,6-7,9,12,15,17H,2,4-5,8,10-11,16H2,1H3. The molecular weight excluding hydrogens is 272 g/mol. The number of anilines is 1. The van der Waals surface area contributed by atoms with Crippen molar-refractivity contribution in [3.05, 3.63) is 29.8 Å². The van der Waals surface area contributed by atoms with E-state index in [1.165, 1.54) is 6.42 Å². The summed E-state index contributed by atoms with van der Waals surface area (Å²) >= 11 is 0. The zero-order valence-electron chi connectivity index (χ0n) is 12.0. The van der Waals surface area contributed by atoms with E-state index in [0.717, 1.165) is 31.2 Å². The molecule has 0 bridgehead atoms. The van der Waals surface area contributed by atoms with Gasteiger partial charge >= 0.3 is 0 Å². The molecule has 1 aromatic rings. The minimum Gasteiger partial charge on any atom is -0.399 e. The Morgan fingerprint density at radius 3 is 2.85 bits per heavy atom. The number of sulfonamides is 1. The third-order valence-corrected chi connectivity index (χ3v) is 5.42. The molecule has 2 unspecified atom stereocenters. The monoisotopic (exact) mass is 296 g/mol. The maximum atomic E-state index is 12.2. The van der Waals surface area contributed by atoms with Crippen LogP contribution in [0.3, 0.4) is 0 Å². The molecule has 0 saturated heterocycles. The summed E-state index contributed by atoms with van der Waals surface area (Å²) in [5, 5.41) is 0. The first-order valence-electron chi connectivity index (χ1n) is 7.33. The van der Waals surface area contributed by atoms with Crippen molar-refractivity contribution in [1.29, 1.82) is 0 Å². The smallest absolute Gasteiger partial charge is 0.216 e. The van der Waals surface area contributed by atoms with E-state index in [9.17, 15) is 8.42 Å². The highest BCUT2D eigenvalue weighted by molar-refractivity contribution is 7.88. The van der Waals surface area contributed by atoms with E-state index in [1.807, 2.05) is 0 Å². The lowest BCUT2D eigenvalue weighted by Gasteiger charge is -2.28. The molecule has 20 heavy (non-hydrogen) atoms. The molecule has 2 atom stereocenters. The average molecular weight is 296 g/mol. The second kappa shape index (κ2) is 6.59. The van der Waals surface area contributed by atoms with E-state index < -0.39 is 10.0 Å². The fraction of sp³-hybridized carbons (Fsp3) is 0.600. The van der Waals surface area contributed by atoms with Gasteiger partial charge in [0.05, 0.1) is 5.75 Å². The van der Waals surface area contributed by atoms with Crippen LogP contribution in [-0.2, 0) is 15.8 Å². The first kappa shape index (κ1) is 15.3. The number of benzene rings is 1. The lowest BCUT2D eigenvalue weighted by molar-refractivity contribution is 0.301. The van der Waals surface area contributed by atoms with Gasteiger partial charge in [-0.1, -0.05) is 38.3 Å². The van der Waals surface area contributed by atoms with Gasteiger partial charge in [0.25, 0.3) is 0 Å². The Balaban J connectivity index is 1.97. The molecule has 0 amide bonds. The summed E-state index contributed by atoms with van der Waals surface area (Å²) in [5.74, 6) is 0.662. The Morgan fingerprint density at radius 2 is 2.15 bits per heavy atom. The minimum atomic E-state index is -3.29. The molecule has 1 fully saturated rings. The van der Waals surface area contributed by atoms with E-state index >= 15 is 0 Å². The van der Waals surface area contributed by atoms with Crippen LogP contribution in [0.15, 0.2) is 24.3 Å². The van der Waals surface area contributed by atoms with Gasteiger partial charge in [-0.2, -0.15) is 0 Å². The number of hydrogen-bond donors (Lipinski definition) is 2. The van der Waals surface area contributed by atoms with Gasteiger partial charge < -0.3 is 5.73 Å². The Kier molecular flexibility index (Phi) is 5.05. The van der Waals surface area contributed by atoms with Gasteiger partial charge in [-0.15, -0.1) is 0 Å². The molecule has 0 heterocycles. The summed E-state index contributed by atoms with van der Waals surface area (Å²) in [6.45, 7) is 2.17. The number of nitrogens with two attached hydrogens (primary N) is 1. The summed E-state index contributed by atoms with van der Waals surface area (Å²) < 4.78 is 27.3. The largest absolute Gasteiger partial charge is 0.399 e. The highest BCUT2D eigenvalue weighted by Crippen LogP contribution is 2.27. The Hall–Kier alpha value is -1.07. The summed E-state index contributed by atoms with van der Waals surface area (Å²) in [5.41, 5.74) is 7.02. The van der Waals surface area contributed by atoms with Crippen molar-refractivity contribution in [3.8, 4) is 0 Å². The third-order valence-electron chi connectivity index (χ3n) is 4.01. The van der Waals surface area contributed by atoms with Crippen molar-refractivity contribution >= 4 is 15.7 Å². The van der Waals surface area contributed by atoms with Crippen molar-refractivity contribution in [2.75, 3.05) is 5.73 Å². The molecule has 1 aliphatic carbocycles. The number of nitrogen functional groups attached to an aromatic ring is 1. The van der Waals surface area contributed by atoms with Crippen LogP contribution >= 0.6 is 0 Å². The second-order valence-electron chi connectivity index (χ2n) is 5.76. The highest BCUT2D eigenvalue weighted by atomic mass is 32.2. The van der Waals surface area contributed by atoms with Crippen molar-refractivity contribution in [1.82, 2.24) is 4.72 Å². The normalized spacial score (nSPS) is 23.6. The van der Waals surface area contributed by atoms with Crippen LogP contribution in [0.2, 0.25) is 0 Å². The molecule has 112 valence electrons. The van der Waals surface area contributed by atoms with Gasteiger partial charge in [0.15, 0.2) is 0 Å². The highest BCUT2D eigenvalue weighted by Gasteiger charge is 2.24. The molecule has 1 saturated carbocycles. The van der Waals surface area contributed by atoms with Gasteiger partial charge in [0, 0.05) is 11.7 Å². The number of nitrogens with one attached hydrogen (secondary N) is 1. The number of hydrogen-bond acceptors (Lipinski definition) is 3. The Morgan fingerprint density at radius 1 is 1.35 bits per heavy atom. The van der Waals surface area contributed by atoms with E-state index in [1.54, 1.807) is 24.3 Å². The van der Waals surface area contributed by atoms with Crippen LogP contribution in [0.4, 0.5) is 5.69 Å². The molecule has 0 aliphatic heterocycles. The van der Waals surface area contributed by atoms with Crippen LogP contribution in [-0.4, -0.2) is 14.5 Å². The molecule has 0 aromatic heterocycles. The van der Waals surface area contributed by atoms with Crippen molar-refractivity contribution in [3.63, 3.8) is 0 Å². The fourth-order valence-electron chi connectivity index (χ4n) is 2.97. The molecule has 0 spiro atoms. The Bertz CT molecular complexity index is 543. The van der Waals surface area contributed by atoms with Crippen molar-refractivity contribution < 1.29 is 8.42 Å². The predicted octanol–water partition coefficient (Wildman–Crippen LogP) is 2.66. The van der Waals surface area contributed by atoms with E-state index in [0.29, 0.717) is 11.6 Å². The zero-order valence-corrected chi connectivity index (χ0v) is 12.8. The molecular formula is C15H24N2O2S. The van der Waals surface area contributed by atoms with Crippen LogP contribution in [0.1, 0.15) is 44.6 Å². The van der Waals surface area contributed by atoms with Gasteiger partial charge in [-0.25, -0.2) is 13.1 Å². The van der Waals surface area contributed by atoms with Gasteiger partial charge in [0.2, 0.25) is 10.0 Å². The SMILES string of the molecule is CCC1CCCC(NS(=O)(=O)Cc2cccc(N)c2)C1. The maximum Gasteiger partial charge on any atom is 0.216 e. The quantitative estimate of drug-likeness (QED) is 0.821. The van der Waals surface area contributed by atoms with Crippen LogP contribution < -0.4 is 10.5 Å². The zero-order chi connectivity index (χ0) is 14.6. The molecule has 0 radical (unpaired) electrons. The van der Waals surface area contributed by atoms with E-state index in [4.69, 9.17) is 5.73 Å². The minimum absolute atomic E-state index is 0.00529. The summed E-state index contributed by atoms with van der Waals surface area (Å²) in [4.78, 5) is 0. The van der Waals surface area contributed by atoms with Gasteiger partial charge in [-0.05, 0) is 36.5 Å². The second-order valence-corrected chi connectivity index (χ2v) is 7.51. The predicted molar refractivity (Wildman–Crippen MR) is 82.7 cm³/mol. The number of rotatable bonds is 5. The van der Waals surface area contributed by atoms with Crippen LogP contribution in [0.5, 0.6) is 0 Å². The maximum absolute atomic E-state index is 12.2. The van der Waals surface area contributed by atoms with Crippen molar-refractivity contribution in [2.24, 2.45) is 5.92 Å². The first-order valence-corrected chi connectivity index (χ1v) is 8.98. The molecule has 5 heteroatoms. The van der Waals surface area contributed by atoms with Crippen LogP contribution in [0.25, 0.3) is 0 Å². The first-order chi connectivity index (χ1) is 9.48.